The van der Waals surface area contributed by atoms with Crippen molar-refractivity contribution in [2.45, 2.75) is 25.4 Å². The van der Waals surface area contributed by atoms with Crippen LogP contribution >= 0.6 is 0 Å². The van der Waals surface area contributed by atoms with Gasteiger partial charge in [-0.25, -0.2) is 0 Å². The second-order valence-electron chi connectivity index (χ2n) is 6.53. The Morgan fingerprint density at radius 3 is 2.65 bits per heavy atom. The smallest absolute Gasteiger partial charge is 0.223 e. The van der Waals surface area contributed by atoms with E-state index in [0.29, 0.717) is 6.04 Å². The van der Waals surface area contributed by atoms with E-state index >= 15 is 0 Å². The quantitative estimate of drug-likeness (QED) is 0.874. The van der Waals surface area contributed by atoms with Crippen molar-refractivity contribution in [3.05, 3.63) is 30.1 Å². The van der Waals surface area contributed by atoms with Crippen LogP contribution in [0.1, 0.15) is 18.4 Å². The standard InChI is InChI=1S/C17H26N4O2/c18-17(22)15-12-20(11-14-1-5-19-6-2-14)7-8-21(13-15)16-3-9-23-10-4-16/h1-2,5-6,15-16H,3-4,7-13H2,(H2,18,22). The molecule has 1 aromatic rings. The van der Waals surface area contributed by atoms with Crippen molar-refractivity contribution in [3.8, 4) is 0 Å². The number of rotatable bonds is 4. The highest BCUT2D eigenvalue weighted by molar-refractivity contribution is 5.77. The average molecular weight is 318 g/mol. The van der Waals surface area contributed by atoms with Gasteiger partial charge in [-0.3, -0.25) is 19.6 Å². The van der Waals surface area contributed by atoms with E-state index in [1.807, 2.05) is 24.5 Å². The van der Waals surface area contributed by atoms with Gasteiger partial charge in [0.1, 0.15) is 0 Å². The summed E-state index contributed by atoms with van der Waals surface area (Å²) < 4.78 is 5.46. The zero-order valence-electron chi connectivity index (χ0n) is 13.6. The topological polar surface area (TPSA) is 71.7 Å². The Bertz CT molecular complexity index is 505. The lowest BCUT2D eigenvalue weighted by atomic mass is 10.0. The molecule has 1 amide bonds. The molecule has 0 spiro atoms. The highest BCUT2D eigenvalue weighted by atomic mass is 16.5. The predicted octanol–water partition coefficient (Wildman–Crippen LogP) is 0.480. The van der Waals surface area contributed by atoms with Gasteiger partial charge in [0, 0.05) is 64.4 Å². The third-order valence-corrected chi connectivity index (χ3v) is 4.90. The number of nitrogens with zero attached hydrogens (tertiary/aromatic N) is 3. The molecule has 126 valence electrons. The summed E-state index contributed by atoms with van der Waals surface area (Å²) in [5.41, 5.74) is 6.88. The molecule has 2 aliphatic heterocycles. The van der Waals surface area contributed by atoms with Crippen molar-refractivity contribution in [1.82, 2.24) is 14.8 Å². The first kappa shape index (κ1) is 16.4. The molecule has 1 aromatic heterocycles. The summed E-state index contributed by atoms with van der Waals surface area (Å²) >= 11 is 0. The van der Waals surface area contributed by atoms with Crippen molar-refractivity contribution < 1.29 is 9.53 Å². The summed E-state index contributed by atoms with van der Waals surface area (Å²) in [5.74, 6) is -0.300. The van der Waals surface area contributed by atoms with E-state index in [4.69, 9.17) is 10.5 Å². The molecule has 1 atom stereocenters. The van der Waals surface area contributed by atoms with Gasteiger partial charge in [-0.2, -0.15) is 0 Å². The number of nitrogens with two attached hydrogens (primary N) is 1. The SMILES string of the molecule is NC(=O)C1CN(Cc2ccncc2)CCN(C2CCOCC2)C1. The molecule has 23 heavy (non-hydrogen) atoms. The summed E-state index contributed by atoms with van der Waals surface area (Å²) in [5, 5.41) is 0. The van der Waals surface area contributed by atoms with Crippen LogP contribution in [-0.4, -0.2) is 66.1 Å². The lowest BCUT2D eigenvalue weighted by Crippen LogP contribution is -2.44. The van der Waals surface area contributed by atoms with E-state index < -0.39 is 0 Å². The van der Waals surface area contributed by atoms with E-state index in [9.17, 15) is 4.79 Å². The molecule has 3 heterocycles. The molecule has 0 bridgehead atoms. The van der Waals surface area contributed by atoms with E-state index in [-0.39, 0.29) is 11.8 Å². The van der Waals surface area contributed by atoms with Crippen LogP contribution < -0.4 is 5.73 Å². The maximum absolute atomic E-state index is 11.9. The summed E-state index contributed by atoms with van der Waals surface area (Å²) in [6.07, 6.45) is 5.73. The van der Waals surface area contributed by atoms with Gasteiger partial charge >= 0.3 is 0 Å². The Labute approximate surface area is 137 Å². The highest BCUT2D eigenvalue weighted by Crippen LogP contribution is 2.20. The first-order chi connectivity index (χ1) is 11.2. The van der Waals surface area contributed by atoms with Crippen LogP contribution in [0.2, 0.25) is 0 Å². The third kappa shape index (κ3) is 4.50. The van der Waals surface area contributed by atoms with Crippen LogP contribution in [0, 0.1) is 5.92 Å². The zero-order chi connectivity index (χ0) is 16.1. The van der Waals surface area contributed by atoms with E-state index in [1.54, 1.807) is 0 Å². The first-order valence-corrected chi connectivity index (χ1v) is 8.45. The molecular formula is C17H26N4O2. The van der Waals surface area contributed by atoms with Gasteiger partial charge in [0.25, 0.3) is 0 Å². The van der Waals surface area contributed by atoms with E-state index in [2.05, 4.69) is 14.8 Å². The Hall–Kier alpha value is -1.50. The zero-order valence-corrected chi connectivity index (χ0v) is 13.6. The van der Waals surface area contributed by atoms with Crippen LogP contribution in [0.15, 0.2) is 24.5 Å². The second-order valence-corrected chi connectivity index (χ2v) is 6.53. The maximum Gasteiger partial charge on any atom is 0.223 e. The maximum atomic E-state index is 11.9. The minimum absolute atomic E-state index is 0.109. The molecule has 0 radical (unpaired) electrons. The third-order valence-electron chi connectivity index (χ3n) is 4.90. The van der Waals surface area contributed by atoms with Crippen molar-refractivity contribution in [1.29, 1.82) is 0 Å². The van der Waals surface area contributed by atoms with Crippen molar-refractivity contribution in [3.63, 3.8) is 0 Å². The van der Waals surface area contributed by atoms with Crippen molar-refractivity contribution in [2.24, 2.45) is 11.7 Å². The molecule has 0 aliphatic carbocycles. The number of pyridine rings is 1. The molecule has 2 fully saturated rings. The lowest BCUT2D eigenvalue weighted by molar-refractivity contribution is -0.122. The summed E-state index contributed by atoms with van der Waals surface area (Å²) in [7, 11) is 0. The molecule has 2 N–H and O–H groups in total. The van der Waals surface area contributed by atoms with Gasteiger partial charge < -0.3 is 10.5 Å². The molecule has 6 nitrogen and oxygen atoms in total. The minimum atomic E-state index is -0.191. The molecule has 6 heteroatoms. The molecule has 2 saturated heterocycles. The molecular weight excluding hydrogens is 292 g/mol. The minimum Gasteiger partial charge on any atom is -0.381 e. The Morgan fingerprint density at radius 1 is 1.22 bits per heavy atom. The van der Waals surface area contributed by atoms with Crippen molar-refractivity contribution >= 4 is 5.91 Å². The van der Waals surface area contributed by atoms with Crippen LogP contribution in [0.3, 0.4) is 0 Å². The van der Waals surface area contributed by atoms with Crippen LogP contribution in [0.5, 0.6) is 0 Å². The van der Waals surface area contributed by atoms with Gasteiger partial charge in [0.05, 0.1) is 5.92 Å². The summed E-state index contributed by atoms with van der Waals surface area (Å²) in [6.45, 7) is 5.94. The normalized spacial score (nSPS) is 25.1. The summed E-state index contributed by atoms with van der Waals surface area (Å²) in [4.78, 5) is 20.7. The second kappa shape index (κ2) is 7.86. The Kier molecular flexibility index (Phi) is 5.59. The number of aromatic nitrogens is 1. The van der Waals surface area contributed by atoms with Gasteiger partial charge in [-0.05, 0) is 30.5 Å². The number of hydrogen-bond donors (Lipinski definition) is 1. The fourth-order valence-electron chi connectivity index (χ4n) is 3.56. The van der Waals surface area contributed by atoms with Crippen LogP contribution in [0.25, 0.3) is 0 Å². The number of primary amides is 1. The predicted molar refractivity (Wildman–Crippen MR) is 87.6 cm³/mol. The fourth-order valence-corrected chi connectivity index (χ4v) is 3.56. The van der Waals surface area contributed by atoms with Gasteiger partial charge in [0.2, 0.25) is 5.91 Å². The number of hydrogen-bond acceptors (Lipinski definition) is 5. The number of carbonyl (C=O) groups is 1. The largest absolute Gasteiger partial charge is 0.381 e. The molecule has 2 aliphatic rings. The van der Waals surface area contributed by atoms with Gasteiger partial charge in [-0.1, -0.05) is 0 Å². The van der Waals surface area contributed by atoms with E-state index in [1.165, 1.54) is 5.56 Å². The summed E-state index contributed by atoms with van der Waals surface area (Å²) in [6, 6.07) is 4.58. The Morgan fingerprint density at radius 2 is 1.96 bits per heavy atom. The first-order valence-electron chi connectivity index (χ1n) is 8.45. The molecule has 3 rings (SSSR count). The number of carbonyl (C=O) groups excluding carboxylic acids is 1. The number of amides is 1. The van der Waals surface area contributed by atoms with Gasteiger partial charge in [0.15, 0.2) is 0 Å². The van der Waals surface area contributed by atoms with Crippen molar-refractivity contribution in [2.75, 3.05) is 39.4 Å². The molecule has 1 unspecified atom stereocenters. The van der Waals surface area contributed by atoms with E-state index in [0.717, 1.165) is 58.8 Å². The fraction of sp³-hybridized carbons (Fsp3) is 0.647. The van der Waals surface area contributed by atoms with Crippen LogP contribution in [0.4, 0.5) is 0 Å². The average Bonchev–Trinajstić information content (AvgIpc) is 2.80. The van der Waals surface area contributed by atoms with Crippen LogP contribution in [-0.2, 0) is 16.1 Å². The lowest BCUT2D eigenvalue weighted by Gasteiger charge is -2.34. The Balaban J connectivity index is 1.66. The highest BCUT2D eigenvalue weighted by Gasteiger charge is 2.30. The molecule has 0 aromatic carbocycles. The monoisotopic (exact) mass is 318 g/mol. The number of ether oxygens (including phenoxy) is 1. The van der Waals surface area contributed by atoms with Gasteiger partial charge in [-0.15, -0.1) is 0 Å². The molecule has 0 saturated carbocycles.